The molecule has 0 aliphatic heterocycles. The Balaban J connectivity index is 2.83. The summed E-state index contributed by atoms with van der Waals surface area (Å²) in [7, 11) is 0. The topological polar surface area (TPSA) is 108 Å². The van der Waals surface area contributed by atoms with E-state index in [-0.39, 0.29) is 23.6 Å². The van der Waals surface area contributed by atoms with E-state index >= 15 is 0 Å². The summed E-state index contributed by atoms with van der Waals surface area (Å²) in [6.45, 7) is 7.31. The molecule has 0 unspecified atom stereocenters. The number of hydrogen-bond donors (Lipinski definition) is 4. The fourth-order valence-corrected chi connectivity index (χ4v) is 2.08. The van der Waals surface area contributed by atoms with Crippen LogP contribution < -0.4 is 16.0 Å². The third-order valence-electron chi connectivity index (χ3n) is 3.57. The van der Waals surface area contributed by atoms with Crippen molar-refractivity contribution in [3.05, 3.63) is 29.8 Å². The van der Waals surface area contributed by atoms with E-state index < -0.39 is 17.9 Å². The minimum atomic E-state index is -1.07. The van der Waals surface area contributed by atoms with Crippen molar-refractivity contribution in [2.45, 2.75) is 46.2 Å². The van der Waals surface area contributed by atoms with Crippen LogP contribution in [0.3, 0.4) is 0 Å². The van der Waals surface area contributed by atoms with Crippen LogP contribution in [0.2, 0.25) is 0 Å². The summed E-state index contributed by atoms with van der Waals surface area (Å²) in [5, 5.41) is 17.1. The van der Waals surface area contributed by atoms with Gasteiger partial charge in [-0.3, -0.25) is 4.79 Å². The summed E-state index contributed by atoms with van der Waals surface area (Å²) in [4.78, 5) is 35.3. The minimum absolute atomic E-state index is 0.0108. The molecule has 0 aliphatic rings. The molecule has 0 saturated carbocycles. The van der Waals surface area contributed by atoms with E-state index in [1.54, 1.807) is 25.1 Å². The highest BCUT2D eigenvalue weighted by Crippen LogP contribution is 2.13. The third kappa shape index (κ3) is 5.91. The smallest absolute Gasteiger partial charge is 0.326 e. The van der Waals surface area contributed by atoms with Gasteiger partial charge in [0, 0.05) is 17.3 Å². The van der Waals surface area contributed by atoms with Crippen LogP contribution in [0.5, 0.6) is 0 Å². The van der Waals surface area contributed by atoms with Crippen LogP contribution in [0.1, 0.15) is 44.5 Å². The standard InChI is InChI=1S/C17H25N3O4/c1-5-11(4)14(16(22)23)20-15(21)12-7-6-8-13(9-12)19-17(24)18-10(2)3/h6-11,14H,5H2,1-4H3,(H,20,21)(H,22,23)(H2,18,19,24)/t11-,14-/m0/s1. The van der Waals surface area contributed by atoms with Gasteiger partial charge in [0.05, 0.1) is 0 Å². The second kappa shape index (κ2) is 8.90. The van der Waals surface area contributed by atoms with Crippen molar-refractivity contribution in [3.8, 4) is 0 Å². The molecule has 7 heteroatoms. The Bertz CT molecular complexity index is 601. The summed E-state index contributed by atoms with van der Waals surface area (Å²) in [5.74, 6) is -1.75. The molecule has 0 heterocycles. The summed E-state index contributed by atoms with van der Waals surface area (Å²) in [5.41, 5.74) is 0.739. The molecular weight excluding hydrogens is 310 g/mol. The van der Waals surface area contributed by atoms with Gasteiger partial charge in [-0.25, -0.2) is 9.59 Å². The number of carboxylic acids is 1. The fraction of sp³-hybridized carbons (Fsp3) is 0.471. The number of benzene rings is 1. The Hall–Kier alpha value is -2.57. The van der Waals surface area contributed by atoms with Gasteiger partial charge in [-0.05, 0) is 38.0 Å². The van der Waals surface area contributed by atoms with Gasteiger partial charge < -0.3 is 21.1 Å². The van der Waals surface area contributed by atoms with E-state index in [1.165, 1.54) is 6.07 Å². The van der Waals surface area contributed by atoms with Crippen LogP contribution in [0.25, 0.3) is 0 Å². The predicted molar refractivity (Wildman–Crippen MR) is 92.1 cm³/mol. The Morgan fingerprint density at radius 1 is 1.12 bits per heavy atom. The number of carbonyl (C=O) groups excluding carboxylic acids is 2. The minimum Gasteiger partial charge on any atom is -0.480 e. The molecule has 1 aromatic carbocycles. The van der Waals surface area contributed by atoms with Gasteiger partial charge in [-0.2, -0.15) is 0 Å². The van der Waals surface area contributed by atoms with Gasteiger partial charge in [0.2, 0.25) is 0 Å². The number of carbonyl (C=O) groups is 3. The molecule has 4 N–H and O–H groups in total. The van der Waals surface area contributed by atoms with Gasteiger partial charge >= 0.3 is 12.0 Å². The molecule has 0 aromatic heterocycles. The SMILES string of the molecule is CC[C@H](C)[C@H](NC(=O)c1cccc(NC(=O)NC(C)C)c1)C(=O)O. The van der Waals surface area contributed by atoms with Gasteiger partial charge in [0.1, 0.15) is 6.04 Å². The molecule has 24 heavy (non-hydrogen) atoms. The quantitative estimate of drug-likeness (QED) is 0.614. The van der Waals surface area contributed by atoms with Crippen molar-refractivity contribution in [3.63, 3.8) is 0 Å². The molecular formula is C17H25N3O4. The Morgan fingerprint density at radius 2 is 1.79 bits per heavy atom. The van der Waals surface area contributed by atoms with E-state index in [1.807, 2.05) is 20.8 Å². The van der Waals surface area contributed by atoms with E-state index in [9.17, 15) is 19.5 Å². The highest BCUT2D eigenvalue weighted by molar-refractivity contribution is 5.98. The Kier molecular flexibility index (Phi) is 7.23. The highest BCUT2D eigenvalue weighted by atomic mass is 16.4. The molecule has 2 atom stereocenters. The normalized spacial score (nSPS) is 13.0. The number of carboxylic acid groups (broad SMARTS) is 1. The molecule has 1 aromatic rings. The summed E-state index contributed by atoms with van der Waals surface area (Å²) in [6, 6.07) is 5.01. The van der Waals surface area contributed by atoms with Crippen LogP contribution in [0.4, 0.5) is 10.5 Å². The number of hydrogen-bond acceptors (Lipinski definition) is 3. The molecule has 132 valence electrons. The van der Waals surface area contributed by atoms with Crippen molar-refractivity contribution in [2.75, 3.05) is 5.32 Å². The third-order valence-corrected chi connectivity index (χ3v) is 3.57. The lowest BCUT2D eigenvalue weighted by Crippen LogP contribution is -2.45. The van der Waals surface area contributed by atoms with Crippen LogP contribution >= 0.6 is 0 Å². The first kappa shape index (κ1) is 19.5. The zero-order valence-electron chi connectivity index (χ0n) is 14.4. The molecule has 0 aliphatic carbocycles. The summed E-state index contributed by atoms with van der Waals surface area (Å²) in [6.07, 6.45) is 0.633. The van der Waals surface area contributed by atoms with E-state index in [0.717, 1.165) is 0 Å². The molecule has 7 nitrogen and oxygen atoms in total. The Labute approximate surface area is 141 Å². The van der Waals surface area contributed by atoms with Crippen molar-refractivity contribution >= 4 is 23.6 Å². The van der Waals surface area contributed by atoms with Gasteiger partial charge in [-0.1, -0.05) is 26.3 Å². The monoisotopic (exact) mass is 335 g/mol. The van der Waals surface area contributed by atoms with Crippen molar-refractivity contribution in [1.29, 1.82) is 0 Å². The first-order valence-corrected chi connectivity index (χ1v) is 7.95. The second-order valence-corrected chi connectivity index (χ2v) is 6.01. The largest absolute Gasteiger partial charge is 0.480 e. The van der Waals surface area contributed by atoms with E-state index in [0.29, 0.717) is 12.1 Å². The predicted octanol–water partition coefficient (Wildman–Crippen LogP) is 2.45. The van der Waals surface area contributed by atoms with Crippen molar-refractivity contribution in [2.24, 2.45) is 5.92 Å². The van der Waals surface area contributed by atoms with Gasteiger partial charge in [0.15, 0.2) is 0 Å². The zero-order chi connectivity index (χ0) is 18.3. The van der Waals surface area contributed by atoms with Crippen molar-refractivity contribution in [1.82, 2.24) is 10.6 Å². The molecule has 0 spiro atoms. The number of aliphatic carboxylic acids is 1. The maximum atomic E-state index is 12.3. The van der Waals surface area contributed by atoms with E-state index in [2.05, 4.69) is 16.0 Å². The number of urea groups is 1. The average Bonchev–Trinajstić information content (AvgIpc) is 2.50. The molecule has 3 amide bonds. The average molecular weight is 335 g/mol. The molecule has 0 bridgehead atoms. The van der Waals surface area contributed by atoms with Gasteiger partial charge in [-0.15, -0.1) is 0 Å². The maximum absolute atomic E-state index is 12.3. The maximum Gasteiger partial charge on any atom is 0.326 e. The number of nitrogens with one attached hydrogen (secondary N) is 3. The second-order valence-electron chi connectivity index (χ2n) is 6.01. The number of anilines is 1. The molecule has 0 fully saturated rings. The number of amides is 3. The molecule has 0 saturated heterocycles. The first-order chi connectivity index (χ1) is 11.2. The summed E-state index contributed by atoms with van der Waals surface area (Å²) < 4.78 is 0. The van der Waals surface area contributed by atoms with Crippen LogP contribution in [-0.4, -0.2) is 35.1 Å². The lowest BCUT2D eigenvalue weighted by atomic mass is 9.99. The Morgan fingerprint density at radius 3 is 2.33 bits per heavy atom. The first-order valence-electron chi connectivity index (χ1n) is 7.95. The fourth-order valence-electron chi connectivity index (χ4n) is 2.08. The van der Waals surface area contributed by atoms with Crippen LogP contribution in [0, 0.1) is 5.92 Å². The number of rotatable bonds is 7. The van der Waals surface area contributed by atoms with Gasteiger partial charge in [0.25, 0.3) is 5.91 Å². The molecule has 1 rings (SSSR count). The van der Waals surface area contributed by atoms with Crippen molar-refractivity contribution < 1.29 is 19.5 Å². The lowest BCUT2D eigenvalue weighted by Gasteiger charge is -2.20. The van der Waals surface area contributed by atoms with E-state index in [4.69, 9.17) is 0 Å². The van der Waals surface area contributed by atoms with Crippen LogP contribution in [0.15, 0.2) is 24.3 Å². The summed E-state index contributed by atoms with van der Waals surface area (Å²) >= 11 is 0. The highest BCUT2D eigenvalue weighted by Gasteiger charge is 2.25. The molecule has 0 radical (unpaired) electrons. The van der Waals surface area contributed by atoms with Crippen LogP contribution in [-0.2, 0) is 4.79 Å². The lowest BCUT2D eigenvalue weighted by molar-refractivity contribution is -0.140. The zero-order valence-corrected chi connectivity index (χ0v) is 14.4.